The third-order valence-electron chi connectivity index (χ3n) is 6.52. The van der Waals surface area contributed by atoms with Crippen molar-refractivity contribution in [3.63, 3.8) is 0 Å². The van der Waals surface area contributed by atoms with Gasteiger partial charge in [-0.15, -0.1) is 0 Å². The third kappa shape index (κ3) is 16.1. The fourth-order valence-corrected chi connectivity index (χ4v) is 4.21. The Morgan fingerprint density at radius 3 is 1.34 bits per heavy atom. The smallest absolute Gasteiger partial charge is 0.303 e. The first-order valence-corrected chi connectivity index (χ1v) is 14.8. The van der Waals surface area contributed by atoms with Gasteiger partial charge in [0.25, 0.3) is 0 Å². The standard InChI is InChI=1S/C32H48N2O4/c1-2-3-4-5-6-7-8-9-12-15-26-37-30-22-18-28(19-23-30)33-34-29-20-24-31(25-21-29)38-27-16-13-10-11-14-17-32(35)36/h18-25H,2-17,26-27H2,1H3,(H,35,36). The van der Waals surface area contributed by atoms with Crippen molar-refractivity contribution in [3.05, 3.63) is 48.5 Å². The number of azo groups is 1. The van der Waals surface area contributed by atoms with Gasteiger partial charge in [0.2, 0.25) is 0 Å². The largest absolute Gasteiger partial charge is 0.494 e. The predicted molar refractivity (Wildman–Crippen MR) is 155 cm³/mol. The SMILES string of the molecule is CCCCCCCCCCCCOc1ccc(N=Nc2ccc(OCCCCCCCC(=O)O)cc2)cc1. The second kappa shape index (κ2) is 21.1. The molecule has 0 saturated carbocycles. The van der Waals surface area contributed by atoms with E-state index in [1.165, 1.54) is 57.8 Å². The second-order valence-electron chi connectivity index (χ2n) is 9.98. The number of nitrogens with zero attached hydrogens (tertiary/aromatic N) is 2. The molecule has 38 heavy (non-hydrogen) atoms. The highest BCUT2D eigenvalue weighted by molar-refractivity contribution is 5.66. The molecule has 0 bridgehead atoms. The Labute approximate surface area is 229 Å². The summed E-state index contributed by atoms with van der Waals surface area (Å²) in [4.78, 5) is 10.5. The second-order valence-corrected chi connectivity index (χ2v) is 9.98. The fourth-order valence-electron chi connectivity index (χ4n) is 4.21. The number of hydrogen-bond acceptors (Lipinski definition) is 5. The summed E-state index contributed by atoms with van der Waals surface area (Å²) in [7, 11) is 0. The molecule has 0 amide bonds. The lowest BCUT2D eigenvalue weighted by molar-refractivity contribution is -0.137. The average molecular weight is 525 g/mol. The summed E-state index contributed by atoms with van der Waals surface area (Å²) < 4.78 is 11.7. The van der Waals surface area contributed by atoms with E-state index in [4.69, 9.17) is 14.6 Å². The summed E-state index contributed by atoms with van der Waals surface area (Å²) >= 11 is 0. The first kappa shape index (κ1) is 31.3. The number of rotatable bonds is 23. The fraction of sp³-hybridized carbons (Fsp3) is 0.594. The minimum atomic E-state index is -0.714. The van der Waals surface area contributed by atoms with Crippen molar-refractivity contribution in [1.82, 2.24) is 0 Å². The van der Waals surface area contributed by atoms with E-state index in [9.17, 15) is 4.79 Å². The molecule has 0 saturated heterocycles. The van der Waals surface area contributed by atoms with Crippen LogP contribution in [0.2, 0.25) is 0 Å². The van der Waals surface area contributed by atoms with Gasteiger partial charge >= 0.3 is 5.97 Å². The molecule has 0 radical (unpaired) electrons. The topological polar surface area (TPSA) is 80.5 Å². The highest BCUT2D eigenvalue weighted by atomic mass is 16.5. The van der Waals surface area contributed by atoms with Crippen LogP contribution in [0.4, 0.5) is 11.4 Å². The van der Waals surface area contributed by atoms with Crippen molar-refractivity contribution < 1.29 is 19.4 Å². The van der Waals surface area contributed by atoms with Crippen molar-refractivity contribution >= 4 is 17.3 Å². The van der Waals surface area contributed by atoms with Crippen molar-refractivity contribution in [2.75, 3.05) is 13.2 Å². The number of carboxylic acid groups (broad SMARTS) is 1. The molecule has 2 rings (SSSR count). The van der Waals surface area contributed by atoms with Gasteiger partial charge in [-0.1, -0.05) is 84.0 Å². The summed E-state index contributed by atoms with van der Waals surface area (Å²) in [6.07, 6.45) is 18.3. The van der Waals surface area contributed by atoms with E-state index in [0.717, 1.165) is 68.0 Å². The van der Waals surface area contributed by atoms with Crippen LogP contribution in [-0.2, 0) is 4.79 Å². The van der Waals surface area contributed by atoms with E-state index in [0.29, 0.717) is 6.61 Å². The molecule has 0 heterocycles. The average Bonchev–Trinajstić information content (AvgIpc) is 2.93. The highest BCUT2D eigenvalue weighted by Gasteiger charge is 1.99. The van der Waals surface area contributed by atoms with Crippen molar-refractivity contribution in [2.24, 2.45) is 10.2 Å². The van der Waals surface area contributed by atoms with Crippen LogP contribution in [0.3, 0.4) is 0 Å². The quantitative estimate of drug-likeness (QED) is 0.116. The molecule has 0 aliphatic heterocycles. The zero-order valence-electron chi connectivity index (χ0n) is 23.4. The van der Waals surface area contributed by atoms with Gasteiger partial charge in [0, 0.05) is 6.42 Å². The van der Waals surface area contributed by atoms with E-state index in [2.05, 4.69) is 17.2 Å². The van der Waals surface area contributed by atoms with Crippen LogP contribution < -0.4 is 9.47 Å². The Bertz CT molecular complexity index is 881. The van der Waals surface area contributed by atoms with Crippen molar-refractivity contribution in [2.45, 2.75) is 110 Å². The molecule has 0 aliphatic carbocycles. The molecule has 0 aliphatic rings. The van der Waals surface area contributed by atoms with Crippen LogP contribution in [0.5, 0.6) is 11.5 Å². The predicted octanol–water partition coefficient (Wildman–Crippen LogP) is 10.2. The Kier molecular flexibility index (Phi) is 17.4. The molecule has 0 aromatic heterocycles. The first-order chi connectivity index (χ1) is 18.7. The van der Waals surface area contributed by atoms with E-state index < -0.39 is 5.97 Å². The number of carbonyl (C=O) groups is 1. The van der Waals surface area contributed by atoms with Gasteiger partial charge in [0.15, 0.2) is 0 Å². The number of benzene rings is 2. The lowest BCUT2D eigenvalue weighted by atomic mass is 10.1. The maximum atomic E-state index is 10.5. The van der Waals surface area contributed by atoms with Crippen LogP contribution in [-0.4, -0.2) is 24.3 Å². The molecule has 0 atom stereocenters. The van der Waals surface area contributed by atoms with Gasteiger partial charge in [0.1, 0.15) is 11.5 Å². The van der Waals surface area contributed by atoms with Crippen LogP contribution in [0.1, 0.15) is 110 Å². The monoisotopic (exact) mass is 524 g/mol. The molecule has 6 nitrogen and oxygen atoms in total. The number of unbranched alkanes of at least 4 members (excludes halogenated alkanes) is 13. The lowest BCUT2D eigenvalue weighted by Crippen LogP contribution is -1.97. The number of carboxylic acids is 1. The van der Waals surface area contributed by atoms with Crippen LogP contribution in [0.15, 0.2) is 58.8 Å². The zero-order valence-corrected chi connectivity index (χ0v) is 23.4. The van der Waals surface area contributed by atoms with Gasteiger partial charge < -0.3 is 14.6 Å². The minimum absolute atomic E-state index is 0.263. The summed E-state index contributed by atoms with van der Waals surface area (Å²) in [5.41, 5.74) is 1.57. The number of ether oxygens (including phenoxy) is 2. The van der Waals surface area contributed by atoms with E-state index in [1.54, 1.807) is 0 Å². The van der Waals surface area contributed by atoms with Gasteiger partial charge in [-0.2, -0.15) is 10.2 Å². The lowest BCUT2D eigenvalue weighted by Gasteiger charge is -2.06. The molecular formula is C32H48N2O4. The van der Waals surface area contributed by atoms with E-state index in [1.807, 2.05) is 48.5 Å². The normalized spacial score (nSPS) is 11.2. The minimum Gasteiger partial charge on any atom is -0.494 e. The molecule has 2 aromatic rings. The number of aliphatic carboxylic acids is 1. The summed E-state index contributed by atoms with van der Waals surface area (Å²) in [6, 6.07) is 15.4. The Hall–Kier alpha value is -2.89. The molecule has 1 N–H and O–H groups in total. The summed E-state index contributed by atoms with van der Waals surface area (Å²) in [5.74, 6) is 0.981. The maximum Gasteiger partial charge on any atom is 0.303 e. The van der Waals surface area contributed by atoms with Crippen LogP contribution in [0, 0.1) is 0 Å². The zero-order chi connectivity index (χ0) is 27.1. The van der Waals surface area contributed by atoms with E-state index in [-0.39, 0.29) is 6.42 Å². The van der Waals surface area contributed by atoms with Gasteiger partial charge in [-0.25, -0.2) is 0 Å². The van der Waals surface area contributed by atoms with Crippen LogP contribution >= 0.6 is 0 Å². The summed E-state index contributed by atoms with van der Waals surface area (Å²) in [5, 5.41) is 17.3. The van der Waals surface area contributed by atoms with E-state index >= 15 is 0 Å². The molecular weight excluding hydrogens is 476 g/mol. The third-order valence-corrected chi connectivity index (χ3v) is 6.52. The summed E-state index contributed by atoms with van der Waals surface area (Å²) in [6.45, 7) is 3.69. The molecule has 6 heteroatoms. The van der Waals surface area contributed by atoms with Gasteiger partial charge in [0.05, 0.1) is 24.6 Å². The Morgan fingerprint density at radius 2 is 0.947 bits per heavy atom. The Balaban J connectivity index is 1.54. The first-order valence-electron chi connectivity index (χ1n) is 14.8. The molecule has 0 unspecified atom stereocenters. The molecule has 0 fully saturated rings. The highest BCUT2D eigenvalue weighted by Crippen LogP contribution is 2.23. The molecule has 2 aromatic carbocycles. The Morgan fingerprint density at radius 1 is 0.579 bits per heavy atom. The van der Waals surface area contributed by atoms with Gasteiger partial charge in [-0.3, -0.25) is 4.79 Å². The molecule has 210 valence electrons. The molecule has 0 spiro atoms. The van der Waals surface area contributed by atoms with Crippen LogP contribution in [0.25, 0.3) is 0 Å². The van der Waals surface area contributed by atoms with Gasteiger partial charge in [-0.05, 0) is 67.8 Å². The maximum absolute atomic E-state index is 10.5. The van der Waals surface area contributed by atoms with Crippen molar-refractivity contribution in [1.29, 1.82) is 0 Å². The number of hydrogen-bond donors (Lipinski definition) is 1. The van der Waals surface area contributed by atoms with Crippen molar-refractivity contribution in [3.8, 4) is 11.5 Å².